The Balaban J connectivity index is 2.20. The van der Waals surface area contributed by atoms with Gasteiger partial charge < -0.3 is 15.0 Å². The molecule has 198 valence electrons. The van der Waals surface area contributed by atoms with E-state index >= 15 is 0 Å². The second kappa shape index (κ2) is 13.0. The van der Waals surface area contributed by atoms with Crippen LogP contribution in [0.4, 0.5) is 5.69 Å². The van der Waals surface area contributed by atoms with Crippen LogP contribution in [0, 0.1) is 6.92 Å². The van der Waals surface area contributed by atoms with Crippen LogP contribution in [0.1, 0.15) is 44.7 Å². The molecule has 2 rings (SSSR count). The average molecular weight is 538 g/mol. The Morgan fingerprint density at radius 1 is 1.08 bits per heavy atom. The molecule has 2 aromatic carbocycles. The van der Waals surface area contributed by atoms with Gasteiger partial charge in [-0.2, -0.15) is 0 Å². The molecular formula is C26H36ClN3O5S. The van der Waals surface area contributed by atoms with E-state index in [1.165, 1.54) is 9.21 Å². The fourth-order valence-corrected chi connectivity index (χ4v) is 4.95. The number of nitrogens with one attached hydrogen (secondary N) is 1. The summed E-state index contributed by atoms with van der Waals surface area (Å²) in [6, 6.07) is 11.6. The average Bonchev–Trinajstić information content (AvgIpc) is 2.81. The van der Waals surface area contributed by atoms with Crippen molar-refractivity contribution in [3.63, 3.8) is 0 Å². The van der Waals surface area contributed by atoms with Gasteiger partial charge in [-0.15, -0.1) is 0 Å². The minimum absolute atomic E-state index is 0.0675. The number of carbonyl (C=O) groups is 2. The maximum atomic E-state index is 13.3. The van der Waals surface area contributed by atoms with Crippen LogP contribution in [0.15, 0.2) is 42.5 Å². The lowest BCUT2D eigenvalue weighted by molar-refractivity contribution is -0.140. The normalized spacial score (nSPS) is 12.2. The van der Waals surface area contributed by atoms with E-state index in [0.717, 1.165) is 11.8 Å². The van der Waals surface area contributed by atoms with Crippen LogP contribution in [0.25, 0.3) is 0 Å². The summed E-state index contributed by atoms with van der Waals surface area (Å²) in [6.07, 6.45) is 1.47. The van der Waals surface area contributed by atoms with Crippen molar-refractivity contribution >= 4 is 39.1 Å². The Morgan fingerprint density at radius 3 is 2.28 bits per heavy atom. The SMILES string of the molecule is COc1ccc(CN(C(=O)CCCN(c2cccc(Cl)c2C)S(C)(=O)=O)C(C)C(=O)NC(C)C)cc1. The molecule has 8 nitrogen and oxygen atoms in total. The van der Waals surface area contributed by atoms with Crippen molar-refractivity contribution in [3.05, 3.63) is 58.6 Å². The van der Waals surface area contributed by atoms with Gasteiger partial charge in [0.2, 0.25) is 21.8 Å². The summed E-state index contributed by atoms with van der Waals surface area (Å²) >= 11 is 6.20. The second-order valence-electron chi connectivity index (χ2n) is 9.03. The van der Waals surface area contributed by atoms with E-state index in [1.54, 1.807) is 51.3 Å². The smallest absolute Gasteiger partial charge is 0.242 e. The third kappa shape index (κ3) is 8.13. The molecule has 0 saturated heterocycles. The van der Waals surface area contributed by atoms with Crippen LogP contribution in [-0.2, 0) is 26.2 Å². The standard InChI is InChI=1S/C26H36ClN3O5S/c1-18(2)28-26(32)20(4)29(17-21-12-14-22(35-5)15-13-21)25(31)11-8-16-30(36(6,33)34)24-10-7-9-23(27)19(24)3/h7,9-10,12-15,18,20H,8,11,16-17H2,1-6H3,(H,28,32). The lowest BCUT2D eigenvalue weighted by Crippen LogP contribution is -2.49. The highest BCUT2D eigenvalue weighted by Crippen LogP contribution is 2.28. The predicted molar refractivity (Wildman–Crippen MR) is 144 cm³/mol. The number of amides is 2. The van der Waals surface area contributed by atoms with E-state index < -0.39 is 16.1 Å². The van der Waals surface area contributed by atoms with Gasteiger partial charge in [0.25, 0.3) is 0 Å². The molecule has 0 radical (unpaired) electrons. The third-order valence-corrected chi connectivity index (χ3v) is 7.36. The first kappa shape index (κ1) is 29.5. The van der Waals surface area contributed by atoms with Crippen molar-refractivity contribution in [1.29, 1.82) is 0 Å². The van der Waals surface area contributed by atoms with Crippen LogP contribution >= 0.6 is 11.6 Å². The van der Waals surface area contributed by atoms with Crippen molar-refractivity contribution in [1.82, 2.24) is 10.2 Å². The molecule has 0 fully saturated rings. The fraction of sp³-hybridized carbons (Fsp3) is 0.462. The summed E-state index contributed by atoms with van der Waals surface area (Å²) < 4.78 is 31.5. The number of benzene rings is 2. The second-order valence-corrected chi connectivity index (χ2v) is 11.3. The summed E-state index contributed by atoms with van der Waals surface area (Å²) in [7, 11) is -2.02. The van der Waals surface area contributed by atoms with Gasteiger partial charge in [0.05, 0.1) is 19.1 Å². The highest BCUT2D eigenvalue weighted by atomic mass is 35.5. The van der Waals surface area contributed by atoms with E-state index in [0.29, 0.717) is 22.0 Å². The lowest BCUT2D eigenvalue weighted by atomic mass is 10.1. The lowest BCUT2D eigenvalue weighted by Gasteiger charge is -2.30. The zero-order valence-electron chi connectivity index (χ0n) is 21.7. The van der Waals surface area contributed by atoms with E-state index in [2.05, 4.69) is 5.32 Å². The number of nitrogens with zero attached hydrogens (tertiary/aromatic N) is 2. The van der Waals surface area contributed by atoms with E-state index in [4.69, 9.17) is 16.3 Å². The van der Waals surface area contributed by atoms with E-state index in [9.17, 15) is 18.0 Å². The number of sulfonamides is 1. The first-order valence-electron chi connectivity index (χ1n) is 11.8. The Kier molecular flexibility index (Phi) is 10.6. The van der Waals surface area contributed by atoms with Crippen molar-refractivity contribution in [2.24, 2.45) is 0 Å². The van der Waals surface area contributed by atoms with Crippen molar-refractivity contribution in [3.8, 4) is 5.75 Å². The topological polar surface area (TPSA) is 96.0 Å². The molecule has 0 bridgehead atoms. The Labute approximate surface area is 219 Å². The molecule has 36 heavy (non-hydrogen) atoms. The van der Waals surface area contributed by atoms with Gasteiger partial charge in [-0.1, -0.05) is 29.8 Å². The monoisotopic (exact) mass is 537 g/mol. The Bertz CT molecular complexity index is 1150. The molecule has 2 aromatic rings. The van der Waals surface area contributed by atoms with Crippen LogP contribution in [-0.4, -0.2) is 57.1 Å². The number of hydrogen-bond acceptors (Lipinski definition) is 5. The van der Waals surface area contributed by atoms with Gasteiger partial charge in [0.15, 0.2) is 0 Å². The zero-order chi connectivity index (χ0) is 27.0. The van der Waals surface area contributed by atoms with Gasteiger partial charge >= 0.3 is 0 Å². The summed E-state index contributed by atoms with van der Waals surface area (Å²) in [5, 5.41) is 3.32. The van der Waals surface area contributed by atoms with Crippen LogP contribution < -0.4 is 14.4 Å². The number of carbonyl (C=O) groups excluding carboxylic acids is 2. The number of hydrogen-bond donors (Lipinski definition) is 1. The predicted octanol–water partition coefficient (Wildman–Crippen LogP) is 4.15. The molecular weight excluding hydrogens is 502 g/mol. The summed E-state index contributed by atoms with van der Waals surface area (Å²) in [5.74, 6) is 0.201. The molecule has 2 amide bonds. The molecule has 0 aromatic heterocycles. The van der Waals surface area contributed by atoms with Crippen molar-refractivity contribution in [2.45, 2.75) is 59.2 Å². The summed E-state index contributed by atoms with van der Waals surface area (Å²) in [5.41, 5.74) is 1.98. The first-order chi connectivity index (χ1) is 16.8. The maximum absolute atomic E-state index is 13.3. The van der Waals surface area contributed by atoms with Gasteiger partial charge in [-0.05, 0) is 69.5 Å². The Hall–Kier alpha value is -2.78. The van der Waals surface area contributed by atoms with Crippen LogP contribution in [0.5, 0.6) is 5.75 Å². The van der Waals surface area contributed by atoms with Crippen molar-refractivity contribution < 1.29 is 22.7 Å². The number of halogens is 1. The Morgan fingerprint density at radius 2 is 1.72 bits per heavy atom. The van der Waals surface area contributed by atoms with Crippen molar-refractivity contribution in [2.75, 3.05) is 24.2 Å². The number of methoxy groups -OCH3 is 1. The molecule has 0 heterocycles. The first-order valence-corrected chi connectivity index (χ1v) is 14.0. The molecule has 10 heteroatoms. The van der Waals surface area contributed by atoms with Gasteiger partial charge in [-0.25, -0.2) is 8.42 Å². The van der Waals surface area contributed by atoms with Gasteiger partial charge in [0.1, 0.15) is 11.8 Å². The molecule has 1 unspecified atom stereocenters. The maximum Gasteiger partial charge on any atom is 0.242 e. The minimum Gasteiger partial charge on any atom is -0.497 e. The van der Waals surface area contributed by atoms with E-state index in [1.807, 2.05) is 26.0 Å². The highest BCUT2D eigenvalue weighted by Gasteiger charge is 2.27. The molecule has 0 aliphatic heterocycles. The number of rotatable bonds is 12. The van der Waals surface area contributed by atoms with Gasteiger partial charge in [0, 0.05) is 30.6 Å². The molecule has 0 aliphatic rings. The minimum atomic E-state index is -3.60. The molecule has 0 spiro atoms. The molecule has 0 aliphatic carbocycles. The number of anilines is 1. The van der Waals surface area contributed by atoms with Gasteiger partial charge in [-0.3, -0.25) is 13.9 Å². The zero-order valence-corrected chi connectivity index (χ0v) is 23.3. The number of ether oxygens (including phenoxy) is 1. The highest BCUT2D eigenvalue weighted by molar-refractivity contribution is 7.92. The van der Waals surface area contributed by atoms with Crippen LogP contribution in [0.2, 0.25) is 5.02 Å². The van der Waals surface area contributed by atoms with E-state index in [-0.39, 0.29) is 43.8 Å². The largest absolute Gasteiger partial charge is 0.497 e. The summed E-state index contributed by atoms with van der Waals surface area (Å²) in [6.45, 7) is 7.51. The third-order valence-electron chi connectivity index (χ3n) is 5.77. The summed E-state index contributed by atoms with van der Waals surface area (Å²) in [4.78, 5) is 27.6. The molecule has 1 N–H and O–H groups in total. The molecule has 0 saturated carbocycles. The van der Waals surface area contributed by atoms with Crippen LogP contribution in [0.3, 0.4) is 0 Å². The molecule has 1 atom stereocenters. The quantitative estimate of drug-likeness (QED) is 0.439. The fourth-order valence-electron chi connectivity index (χ4n) is 3.76.